The van der Waals surface area contributed by atoms with E-state index in [1.54, 1.807) is 18.5 Å². The van der Waals surface area contributed by atoms with Gasteiger partial charge in [-0.15, -0.1) is 0 Å². The van der Waals surface area contributed by atoms with E-state index in [0.29, 0.717) is 5.95 Å². The number of nitrogens with zero attached hydrogens (tertiary/aromatic N) is 2. The van der Waals surface area contributed by atoms with Crippen molar-refractivity contribution in [1.82, 2.24) is 9.97 Å². The fourth-order valence-corrected chi connectivity index (χ4v) is 1.22. The Morgan fingerprint density at radius 2 is 1.93 bits per heavy atom. The first kappa shape index (κ1) is 11.9. The maximum absolute atomic E-state index is 5.66. The first-order valence-corrected chi connectivity index (χ1v) is 5.16. The molecule has 0 amide bonds. The summed E-state index contributed by atoms with van der Waals surface area (Å²) in [6.45, 7) is 2.68. The van der Waals surface area contributed by atoms with Crippen LogP contribution in [0, 0.1) is 0 Å². The summed E-state index contributed by atoms with van der Waals surface area (Å²) in [6, 6.07) is 1.79. The second kappa shape index (κ2) is 5.63. The second-order valence-electron chi connectivity index (χ2n) is 3.96. The Balaban J connectivity index is 2.08. The zero-order valence-corrected chi connectivity index (χ0v) is 9.11. The van der Waals surface area contributed by atoms with E-state index in [2.05, 4.69) is 15.3 Å². The average Bonchev–Trinajstić information content (AvgIpc) is 2.17. The van der Waals surface area contributed by atoms with Crippen LogP contribution >= 0.6 is 0 Å². The largest absolute Gasteiger partial charge is 0.354 e. The highest BCUT2D eigenvalue weighted by Gasteiger charge is 2.09. The number of nitrogens with two attached hydrogens (primary N) is 2. The van der Waals surface area contributed by atoms with Crippen LogP contribution < -0.4 is 16.8 Å². The van der Waals surface area contributed by atoms with Crippen molar-refractivity contribution in [3.05, 3.63) is 18.5 Å². The molecule has 0 aliphatic rings. The first-order chi connectivity index (χ1) is 7.08. The molecule has 0 saturated carbocycles. The lowest BCUT2D eigenvalue weighted by Gasteiger charge is -2.17. The second-order valence-corrected chi connectivity index (χ2v) is 3.96. The molecule has 0 unspecified atom stereocenters. The van der Waals surface area contributed by atoms with Crippen molar-refractivity contribution >= 4 is 5.95 Å². The molecule has 1 aromatic rings. The normalized spacial score (nSPS) is 11.4. The minimum Gasteiger partial charge on any atom is -0.354 e. The van der Waals surface area contributed by atoms with Gasteiger partial charge in [-0.1, -0.05) is 0 Å². The summed E-state index contributed by atoms with van der Waals surface area (Å²) in [4.78, 5) is 8.11. The van der Waals surface area contributed by atoms with Gasteiger partial charge in [-0.05, 0) is 32.3 Å². The molecule has 84 valence electrons. The van der Waals surface area contributed by atoms with Crippen molar-refractivity contribution in [3.63, 3.8) is 0 Å². The predicted octanol–water partition coefficient (Wildman–Crippen LogP) is 0.692. The number of aromatic nitrogens is 2. The van der Waals surface area contributed by atoms with E-state index in [1.807, 2.05) is 6.92 Å². The number of anilines is 1. The molecule has 0 aromatic carbocycles. The van der Waals surface area contributed by atoms with Crippen LogP contribution in [-0.2, 0) is 0 Å². The lowest BCUT2D eigenvalue weighted by molar-refractivity contribution is 0.430. The zero-order chi connectivity index (χ0) is 11.1. The lowest BCUT2D eigenvalue weighted by Crippen LogP contribution is -2.45. The number of hydrogen-bond donors (Lipinski definition) is 3. The van der Waals surface area contributed by atoms with Crippen LogP contribution in [0.15, 0.2) is 18.5 Å². The molecular formula is C10H19N5. The monoisotopic (exact) mass is 209 g/mol. The van der Waals surface area contributed by atoms with E-state index in [0.717, 1.165) is 25.8 Å². The molecule has 0 aliphatic carbocycles. The van der Waals surface area contributed by atoms with E-state index >= 15 is 0 Å². The minimum atomic E-state index is -0.552. The Morgan fingerprint density at radius 1 is 1.27 bits per heavy atom. The fourth-order valence-electron chi connectivity index (χ4n) is 1.22. The van der Waals surface area contributed by atoms with Crippen LogP contribution in [0.2, 0.25) is 0 Å². The van der Waals surface area contributed by atoms with Crippen molar-refractivity contribution in [1.29, 1.82) is 0 Å². The van der Waals surface area contributed by atoms with E-state index in [4.69, 9.17) is 11.5 Å². The molecule has 5 N–H and O–H groups in total. The number of unbranched alkanes of at least 4 members (excludes halogenated alkanes) is 1. The van der Waals surface area contributed by atoms with Gasteiger partial charge >= 0.3 is 0 Å². The van der Waals surface area contributed by atoms with Crippen molar-refractivity contribution < 1.29 is 0 Å². The molecule has 0 fully saturated rings. The summed E-state index contributed by atoms with van der Waals surface area (Å²) >= 11 is 0. The zero-order valence-electron chi connectivity index (χ0n) is 9.11. The number of nitrogens with one attached hydrogen (secondary N) is 1. The number of hydrogen-bond acceptors (Lipinski definition) is 5. The van der Waals surface area contributed by atoms with Crippen LogP contribution in [0.3, 0.4) is 0 Å². The molecular weight excluding hydrogens is 190 g/mol. The molecule has 1 heterocycles. The lowest BCUT2D eigenvalue weighted by atomic mass is 10.1. The maximum Gasteiger partial charge on any atom is 0.222 e. The molecule has 1 rings (SSSR count). The molecule has 15 heavy (non-hydrogen) atoms. The van der Waals surface area contributed by atoms with Crippen molar-refractivity contribution in [2.75, 3.05) is 11.9 Å². The Bertz CT molecular complexity index is 267. The Labute approximate surface area is 90.3 Å². The van der Waals surface area contributed by atoms with Crippen molar-refractivity contribution in [3.8, 4) is 0 Å². The van der Waals surface area contributed by atoms with Gasteiger partial charge in [0.2, 0.25) is 5.95 Å². The topological polar surface area (TPSA) is 89.8 Å². The van der Waals surface area contributed by atoms with Crippen LogP contribution in [0.25, 0.3) is 0 Å². The fraction of sp³-hybridized carbons (Fsp3) is 0.600. The molecule has 1 aromatic heterocycles. The Kier molecular flexibility index (Phi) is 4.45. The number of rotatable bonds is 6. The van der Waals surface area contributed by atoms with Gasteiger partial charge < -0.3 is 16.8 Å². The molecule has 0 spiro atoms. The van der Waals surface area contributed by atoms with Crippen LogP contribution in [-0.4, -0.2) is 22.2 Å². The predicted molar refractivity (Wildman–Crippen MR) is 61.2 cm³/mol. The minimum absolute atomic E-state index is 0.552. The van der Waals surface area contributed by atoms with Gasteiger partial charge in [-0.3, -0.25) is 0 Å². The van der Waals surface area contributed by atoms with Gasteiger partial charge in [0, 0.05) is 18.9 Å². The maximum atomic E-state index is 5.66. The van der Waals surface area contributed by atoms with Crippen LogP contribution in [0.1, 0.15) is 26.2 Å². The smallest absolute Gasteiger partial charge is 0.222 e. The highest BCUT2D eigenvalue weighted by atomic mass is 15.1. The molecule has 0 radical (unpaired) electrons. The van der Waals surface area contributed by atoms with Gasteiger partial charge in [0.15, 0.2) is 0 Å². The summed E-state index contributed by atoms with van der Waals surface area (Å²) in [5.41, 5.74) is 10.8. The van der Waals surface area contributed by atoms with E-state index in [1.165, 1.54) is 0 Å². The SMILES string of the molecule is CC(N)(N)CCCCNc1ncccn1. The third-order valence-corrected chi connectivity index (χ3v) is 1.99. The average molecular weight is 209 g/mol. The summed E-state index contributed by atoms with van der Waals surface area (Å²) in [7, 11) is 0. The molecule has 5 nitrogen and oxygen atoms in total. The van der Waals surface area contributed by atoms with Crippen molar-refractivity contribution in [2.24, 2.45) is 11.5 Å². The summed E-state index contributed by atoms with van der Waals surface area (Å²) in [6.07, 6.45) is 6.27. The van der Waals surface area contributed by atoms with Crippen LogP contribution in [0.5, 0.6) is 0 Å². The Hall–Kier alpha value is -1.20. The van der Waals surface area contributed by atoms with E-state index in [-0.39, 0.29) is 0 Å². The van der Waals surface area contributed by atoms with E-state index in [9.17, 15) is 0 Å². The first-order valence-electron chi connectivity index (χ1n) is 5.16. The molecule has 5 heteroatoms. The highest BCUT2D eigenvalue weighted by molar-refractivity contribution is 5.21. The third kappa shape index (κ3) is 5.98. The van der Waals surface area contributed by atoms with Gasteiger partial charge in [-0.2, -0.15) is 0 Å². The van der Waals surface area contributed by atoms with Crippen molar-refractivity contribution in [2.45, 2.75) is 31.8 Å². The Morgan fingerprint density at radius 3 is 2.53 bits per heavy atom. The van der Waals surface area contributed by atoms with Crippen LogP contribution in [0.4, 0.5) is 5.95 Å². The molecule has 0 atom stereocenters. The third-order valence-electron chi connectivity index (χ3n) is 1.99. The van der Waals surface area contributed by atoms with E-state index < -0.39 is 5.66 Å². The highest BCUT2D eigenvalue weighted by Crippen LogP contribution is 2.04. The van der Waals surface area contributed by atoms with Gasteiger partial charge in [0.25, 0.3) is 0 Å². The molecule has 0 saturated heterocycles. The van der Waals surface area contributed by atoms with Gasteiger partial charge in [0.05, 0.1) is 5.66 Å². The van der Waals surface area contributed by atoms with Gasteiger partial charge in [0.1, 0.15) is 0 Å². The van der Waals surface area contributed by atoms with Gasteiger partial charge in [-0.25, -0.2) is 9.97 Å². The summed E-state index contributed by atoms with van der Waals surface area (Å²) in [5, 5.41) is 3.13. The summed E-state index contributed by atoms with van der Waals surface area (Å²) < 4.78 is 0. The summed E-state index contributed by atoms with van der Waals surface area (Å²) in [5.74, 6) is 0.667. The quantitative estimate of drug-likeness (QED) is 0.474. The molecule has 0 bridgehead atoms. The standard InChI is InChI=1S/C10H19N5/c1-10(11,12)5-2-3-6-13-9-14-7-4-8-15-9/h4,7-8H,2-3,5-6,11-12H2,1H3,(H,13,14,15). The molecule has 0 aliphatic heterocycles.